The highest BCUT2D eigenvalue weighted by atomic mass is 15.3. The van der Waals surface area contributed by atoms with Crippen molar-refractivity contribution in [2.45, 2.75) is 19.9 Å². The molecular formula is C18H22N6. The average molecular weight is 322 g/mol. The molecule has 0 N–H and O–H groups in total. The van der Waals surface area contributed by atoms with Crippen molar-refractivity contribution in [1.29, 1.82) is 0 Å². The van der Waals surface area contributed by atoms with Gasteiger partial charge in [0, 0.05) is 50.2 Å². The van der Waals surface area contributed by atoms with Gasteiger partial charge in [-0.15, -0.1) is 10.2 Å². The predicted molar refractivity (Wildman–Crippen MR) is 95.1 cm³/mol. The van der Waals surface area contributed by atoms with Crippen LogP contribution in [-0.2, 0) is 0 Å². The molecule has 0 radical (unpaired) electrons. The van der Waals surface area contributed by atoms with E-state index in [0.29, 0.717) is 6.04 Å². The van der Waals surface area contributed by atoms with Crippen LogP contribution in [0.4, 0.5) is 5.82 Å². The number of rotatable bonds is 3. The minimum Gasteiger partial charge on any atom is -0.351 e. The van der Waals surface area contributed by atoms with Gasteiger partial charge in [-0.3, -0.25) is 9.30 Å². The molecule has 0 saturated carbocycles. The van der Waals surface area contributed by atoms with Gasteiger partial charge in [-0.1, -0.05) is 30.3 Å². The highest BCUT2D eigenvalue weighted by Gasteiger charge is 2.22. The van der Waals surface area contributed by atoms with Crippen LogP contribution in [0.15, 0.2) is 42.7 Å². The van der Waals surface area contributed by atoms with Crippen LogP contribution in [0.2, 0.25) is 0 Å². The molecule has 6 heteroatoms. The first-order chi connectivity index (χ1) is 11.7. The van der Waals surface area contributed by atoms with Gasteiger partial charge in [0.15, 0.2) is 11.6 Å². The maximum atomic E-state index is 4.59. The second-order valence-corrected chi connectivity index (χ2v) is 6.45. The van der Waals surface area contributed by atoms with Crippen LogP contribution in [0.3, 0.4) is 0 Å². The topological polar surface area (TPSA) is 49.6 Å². The van der Waals surface area contributed by atoms with Crippen molar-refractivity contribution in [3.05, 3.63) is 42.7 Å². The van der Waals surface area contributed by atoms with E-state index in [2.05, 4.69) is 51.0 Å². The summed E-state index contributed by atoms with van der Waals surface area (Å²) in [6.45, 7) is 8.55. The van der Waals surface area contributed by atoms with Crippen LogP contribution in [-0.4, -0.2) is 56.7 Å². The highest BCUT2D eigenvalue weighted by molar-refractivity contribution is 5.68. The molecule has 0 amide bonds. The van der Waals surface area contributed by atoms with Crippen LogP contribution in [0.1, 0.15) is 13.8 Å². The summed E-state index contributed by atoms with van der Waals surface area (Å²) < 4.78 is 2.03. The number of piperazine rings is 1. The number of anilines is 1. The second kappa shape index (κ2) is 6.20. The fourth-order valence-electron chi connectivity index (χ4n) is 3.27. The lowest BCUT2D eigenvalue weighted by molar-refractivity contribution is 0.209. The van der Waals surface area contributed by atoms with E-state index in [1.54, 1.807) is 0 Å². The smallest absolute Gasteiger partial charge is 0.204 e. The molecule has 6 nitrogen and oxygen atoms in total. The summed E-state index contributed by atoms with van der Waals surface area (Å²) in [6.07, 6.45) is 3.78. The van der Waals surface area contributed by atoms with Crippen molar-refractivity contribution in [3.8, 4) is 11.4 Å². The molecule has 0 aliphatic carbocycles. The number of benzene rings is 1. The summed E-state index contributed by atoms with van der Waals surface area (Å²) in [4.78, 5) is 9.40. The van der Waals surface area contributed by atoms with E-state index in [-0.39, 0.29) is 0 Å². The van der Waals surface area contributed by atoms with Gasteiger partial charge in [-0.2, -0.15) is 0 Å². The van der Waals surface area contributed by atoms with Crippen LogP contribution in [0.5, 0.6) is 0 Å². The summed E-state index contributed by atoms with van der Waals surface area (Å²) in [6, 6.07) is 10.7. The SMILES string of the molecule is CC(C)N1CCN(c2nccn3c(-c4ccccc4)nnc23)CC1. The molecule has 1 saturated heterocycles. The zero-order chi connectivity index (χ0) is 16.5. The van der Waals surface area contributed by atoms with E-state index in [9.17, 15) is 0 Å². The van der Waals surface area contributed by atoms with Crippen LogP contribution < -0.4 is 4.90 Å². The molecule has 3 aromatic rings. The molecular weight excluding hydrogens is 300 g/mol. The molecule has 0 unspecified atom stereocenters. The lowest BCUT2D eigenvalue weighted by Gasteiger charge is -2.37. The Morgan fingerprint density at radius 3 is 2.42 bits per heavy atom. The quantitative estimate of drug-likeness (QED) is 0.741. The Morgan fingerprint density at radius 2 is 1.71 bits per heavy atom. The molecule has 1 fully saturated rings. The van der Waals surface area contributed by atoms with E-state index >= 15 is 0 Å². The van der Waals surface area contributed by atoms with Crippen LogP contribution in [0, 0.1) is 0 Å². The Bertz CT molecular complexity index is 818. The first kappa shape index (κ1) is 15.1. The van der Waals surface area contributed by atoms with E-state index in [1.165, 1.54) is 0 Å². The predicted octanol–water partition coefficient (Wildman–Crippen LogP) is 2.32. The minimum absolute atomic E-state index is 0.591. The molecule has 1 aliphatic rings. The van der Waals surface area contributed by atoms with E-state index in [1.807, 2.05) is 35.0 Å². The third kappa shape index (κ3) is 2.63. The molecule has 0 spiro atoms. The van der Waals surface area contributed by atoms with E-state index < -0.39 is 0 Å². The zero-order valence-corrected chi connectivity index (χ0v) is 14.1. The summed E-state index contributed by atoms with van der Waals surface area (Å²) in [5, 5.41) is 8.82. The lowest BCUT2D eigenvalue weighted by atomic mass is 10.2. The molecule has 24 heavy (non-hydrogen) atoms. The summed E-state index contributed by atoms with van der Waals surface area (Å²) in [5.74, 6) is 1.78. The van der Waals surface area contributed by atoms with Gasteiger partial charge in [-0.25, -0.2) is 4.98 Å². The molecule has 4 rings (SSSR count). The Hall–Kier alpha value is -2.47. The molecule has 0 atom stereocenters. The Morgan fingerprint density at radius 1 is 0.958 bits per heavy atom. The second-order valence-electron chi connectivity index (χ2n) is 6.45. The first-order valence-electron chi connectivity index (χ1n) is 8.48. The summed E-state index contributed by atoms with van der Waals surface area (Å²) >= 11 is 0. The van der Waals surface area contributed by atoms with Crippen molar-refractivity contribution in [1.82, 2.24) is 24.5 Å². The monoisotopic (exact) mass is 322 g/mol. The number of nitrogens with zero attached hydrogens (tertiary/aromatic N) is 6. The Balaban J connectivity index is 1.67. The van der Waals surface area contributed by atoms with Gasteiger partial charge in [0.2, 0.25) is 5.65 Å². The summed E-state index contributed by atoms with van der Waals surface area (Å²) in [5.41, 5.74) is 1.89. The maximum Gasteiger partial charge on any atom is 0.204 e. The molecule has 124 valence electrons. The Kier molecular flexibility index (Phi) is 3.90. The van der Waals surface area contributed by atoms with Crippen molar-refractivity contribution >= 4 is 11.5 Å². The third-order valence-corrected chi connectivity index (χ3v) is 4.68. The molecule has 1 aliphatic heterocycles. The number of hydrogen-bond donors (Lipinski definition) is 0. The normalized spacial score (nSPS) is 16.2. The van der Waals surface area contributed by atoms with Gasteiger partial charge in [-0.05, 0) is 13.8 Å². The van der Waals surface area contributed by atoms with Gasteiger partial charge >= 0.3 is 0 Å². The number of hydrogen-bond acceptors (Lipinski definition) is 5. The van der Waals surface area contributed by atoms with E-state index in [4.69, 9.17) is 0 Å². The van der Waals surface area contributed by atoms with Crippen molar-refractivity contribution < 1.29 is 0 Å². The van der Waals surface area contributed by atoms with Gasteiger partial charge in [0.1, 0.15) is 0 Å². The molecule has 0 bridgehead atoms. The summed E-state index contributed by atoms with van der Waals surface area (Å²) in [7, 11) is 0. The molecule has 3 heterocycles. The number of aromatic nitrogens is 4. The highest BCUT2D eigenvalue weighted by Crippen LogP contribution is 2.24. The van der Waals surface area contributed by atoms with Gasteiger partial charge in [0.25, 0.3) is 0 Å². The lowest BCUT2D eigenvalue weighted by Crippen LogP contribution is -2.49. The number of fused-ring (bicyclic) bond motifs is 1. The first-order valence-corrected chi connectivity index (χ1v) is 8.48. The Labute approximate surface area is 141 Å². The zero-order valence-electron chi connectivity index (χ0n) is 14.1. The largest absolute Gasteiger partial charge is 0.351 e. The molecule has 2 aromatic heterocycles. The van der Waals surface area contributed by atoms with Crippen molar-refractivity contribution in [2.75, 3.05) is 31.1 Å². The van der Waals surface area contributed by atoms with Crippen LogP contribution in [0.25, 0.3) is 17.0 Å². The van der Waals surface area contributed by atoms with Crippen LogP contribution >= 0.6 is 0 Å². The average Bonchev–Trinajstić information content (AvgIpc) is 3.06. The maximum absolute atomic E-state index is 4.59. The van der Waals surface area contributed by atoms with Gasteiger partial charge in [0.05, 0.1) is 0 Å². The van der Waals surface area contributed by atoms with Gasteiger partial charge < -0.3 is 4.90 Å². The van der Waals surface area contributed by atoms with Crippen molar-refractivity contribution in [2.24, 2.45) is 0 Å². The third-order valence-electron chi connectivity index (χ3n) is 4.68. The van der Waals surface area contributed by atoms with Crippen molar-refractivity contribution in [3.63, 3.8) is 0 Å². The molecule has 1 aromatic carbocycles. The minimum atomic E-state index is 0.591. The van der Waals surface area contributed by atoms with E-state index in [0.717, 1.165) is 49.0 Å². The fourth-order valence-corrected chi connectivity index (χ4v) is 3.27. The standard InChI is InChI=1S/C18H22N6/c1-14(2)22-10-12-23(13-11-22)17-18-21-20-16(24(18)9-8-19-17)15-6-4-3-5-7-15/h3-9,14H,10-13H2,1-2H3. The fraction of sp³-hybridized carbons (Fsp3) is 0.389.